The summed E-state index contributed by atoms with van der Waals surface area (Å²) in [6, 6.07) is 6.38. The molecule has 0 aromatic heterocycles. The van der Waals surface area contributed by atoms with Crippen molar-refractivity contribution >= 4 is 6.08 Å². The molecule has 1 unspecified atom stereocenters. The van der Waals surface area contributed by atoms with Crippen molar-refractivity contribution in [2.24, 2.45) is 0 Å². The first-order chi connectivity index (χ1) is 9.21. The molecule has 0 heterocycles. The van der Waals surface area contributed by atoms with E-state index in [1.807, 2.05) is 18.2 Å². The van der Waals surface area contributed by atoms with Crippen LogP contribution in [0.25, 0.3) is 6.08 Å². The highest BCUT2D eigenvalue weighted by atomic mass is 16.5. The van der Waals surface area contributed by atoms with Crippen LogP contribution >= 0.6 is 0 Å². The van der Waals surface area contributed by atoms with Crippen LogP contribution < -0.4 is 14.8 Å². The Labute approximate surface area is 116 Å². The number of nitrogens with one attached hydrogen (secondary N) is 1. The Bertz CT molecular complexity index is 402. The van der Waals surface area contributed by atoms with Crippen molar-refractivity contribution in [2.75, 3.05) is 20.3 Å². The van der Waals surface area contributed by atoms with Crippen LogP contribution in [0.3, 0.4) is 0 Å². The summed E-state index contributed by atoms with van der Waals surface area (Å²) in [5.41, 5.74) is 1.12. The summed E-state index contributed by atoms with van der Waals surface area (Å²) in [6.45, 7) is 8.01. The van der Waals surface area contributed by atoms with Gasteiger partial charge in [0.15, 0.2) is 11.5 Å². The van der Waals surface area contributed by atoms with E-state index in [1.165, 1.54) is 0 Å². The Balaban J connectivity index is 2.75. The van der Waals surface area contributed by atoms with E-state index in [4.69, 9.17) is 9.47 Å². The summed E-state index contributed by atoms with van der Waals surface area (Å²) in [4.78, 5) is 0. The van der Waals surface area contributed by atoms with Gasteiger partial charge in [-0.05, 0) is 37.6 Å². The molecule has 1 rings (SSSR count). The Morgan fingerprint density at radius 3 is 2.68 bits per heavy atom. The van der Waals surface area contributed by atoms with E-state index in [-0.39, 0.29) is 0 Å². The van der Waals surface area contributed by atoms with Crippen molar-refractivity contribution in [3.8, 4) is 11.5 Å². The van der Waals surface area contributed by atoms with E-state index in [9.17, 15) is 0 Å². The number of methoxy groups -OCH3 is 1. The molecule has 0 aliphatic rings. The second-order valence-corrected chi connectivity index (χ2v) is 4.46. The smallest absolute Gasteiger partial charge is 0.161 e. The molecule has 0 spiro atoms. The molecule has 1 aromatic carbocycles. The summed E-state index contributed by atoms with van der Waals surface area (Å²) in [5, 5.41) is 3.34. The minimum absolute atomic E-state index is 0.368. The van der Waals surface area contributed by atoms with Gasteiger partial charge < -0.3 is 14.8 Å². The predicted molar refractivity (Wildman–Crippen MR) is 81.0 cm³/mol. The fourth-order valence-electron chi connectivity index (χ4n) is 1.76. The van der Waals surface area contributed by atoms with E-state index in [1.54, 1.807) is 7.11 Å². The lowest BCUT2D eigenvalue weighted by molar-refractivity contribution is 0.294. The van der Waals surface area contributed by atoms with Gasteiger partial charge in [-0.15, -0.1) is 0 Å². The molecule has 1 atom stereocenters. The molecule has 1 N–H and O–H groups in total. The molecule has 0 bridgehead atoms. The topological polar surface area (TPSA) is 30.5 Å². The molecule has 19 heavy (non-hydrogen) atoms. The van der Waals surface area contributed by atoms with E-state index in [2.05, 4.69) is 38.2 Å². The second-order valence-electron chi connectivity index (χ2n) is 4.46. The SMILES string of the molecule is CCCOc1ccc(/C=C/C(C)NCC)cc1OC. The number of hydrogen-bond donors (Lipinski definition) is 1. The number of likely N-dealkylation sites (N-methyl/N-ethyl adjacent to an activating group) is 1. The van der Waals surface area contributed by atoms with E-state index >= 15 is 0 Å². The third-order valence-corrected chi connectivity index (χ3v) is 2.75. The third-order valence-electron chi connectivity index (χ3n) is 2.75. The van der Waals surface area contributed by atoms with Crippen molar-refractivity contribution in [1.29, 1.82) is 0 Å². The number of benzene rings is 1. The quantitative estimate of drug-likeness (QED) is 0.778. The van der Waals surface area contributed by atoms with Gasteiger partial charge in [-0.1, -0.05) is 32.1 Å². The lowest BCUT2D eigenvalue weighted by Gasteiger charge is -2.11. The first kappa shape index (κ1) is 15.6. The maximum Gasteiger partial charge on any atom is 0.161 e. The zero-order valence-electron chi connectivity index (χ0n) is 12.4. The standard InChI is InChI=1S/C16H25NO2/c1-5-11-19-15-10-9-14(12-16(15)18-4)8-7-13(3)17-6-2/h7-10,12-13,17H,5-6,11H2,1-4H3/b8-7+. The molecular weight excluding hydrogens is 238 g/mol. The zero-order valence-corrected chi connectivity index (χ0v) is 12.4. The van der Waals surface area contributed by atoms with Crippen molar-refractivity contribution in [3.05, 3.63) is 29.8 Å². The largest absolute Gasteiger partial charge is 0.493 e. The molecule has 3 heteroatoms. The molecule has 0 amide bonds. The third kappa shape index (κ3) is 5.35. The predicted octanol–water partition coefficient (Wildman–Crippen LogP) is 3.50. The second kappa shape index (κ2) is 8.59. The number of rotatable bonds is 8. The first-order valence-corrected chi connectivity index (χ1v) is 6.93. The highest BCUT2D eigenvalue weighted by molar-refractivity contribution is 5.56. The minimum Gasteiger partial charge on any atom is -0.493 e. The summed E-state index contributed by atoms with van der Waals surface area (Å²) in [5.74, 6) is 1.59. The summed E-state index contributed by atoms with van der Waals surface area (Å²) < 4.78 is 11.0. The van der Waals surface area contributed by atoms with Crippen LogP contribution in [0.2, 0.25) is 0 Å². The molecule has 106 valence electrons. The fraction of sp³-hybridized carbons (Fsp3) is 0.500. The van der Waals surface area contributed by atoms with E-state index in [0.29, 0.717) is 12.6 Å². The Hall–Kier alpha value is -1.48. The van der Waals surface area contributed by atoms with Gasteiger partial charge in [0, 0.05) is 6.04 Å². The molecule has 0 saturated heterocycles. The molecule has 0 saturated carbocycles. The maximum absolute atomic E-state index is 5.63. The van der Waals surface area contributed by atoms with Gasteiger partial charge in [-0.3, -0.25) is 0 Å². The van der Waals surface area contributed by atoms with Crippen LogP contribution in [0.4, 0.5) is 0 Å². The summed E-state index contributed by atoms with van der Waals surface area (Å²) >= 11 is 0. The molecule has 1 aromatic rings. The maximum atomic E-state index is 5.63. The molecule has 0 aliphatic heterocycles. The Kier molecular flexibility index (Phi) is 7.04. The van der Waals surface area contributed by atoms with Gasteiger partial charge in [-0.25, -0.2) is 0 Å². The van der Waals surface area contributed by atoms with Gasteiger partial charge >= 0.3 is 0 Å². The van der Waals surface area contributed by atoms with Crippen LogP contribution in [0.15, 0.2) is 24.3 Å². The zero-order chi connectivity index (χ0) is 14.1. The molecule has 0 aliphatic carbocycles. The van der Waals surface area contributed by atoms with Crippen LogP contribution in [0.5, 0.6) is 11.5 Å². The minimum atomic E-state index is 0.368. The Morgan fingerprint density at radius 1 is 1.26 bits per heavy atom. The average Bonchev–Trinajstić information content (AvgIpc) is 2.43. The van der Waals surface area contributed by atoms with Crippen molar-refractivity contribution in [1.82, 2.24) is 5.32 Å². The van der Waals surface area contributed by atoms with E-state index < -0.39 is 0 Å². The van der Waals surface area contributed by atoms with Crippen molar-refractivity contribution in [2.45, 2.75) is 33.2 Å². The number of ether oxygens (including phenoxy) is 2. The van der Waals surface area contributed by atoms with Crippen molar-refractivity contribution in [3.63, 3.8) is 0 Å². The molecule has 0 fully saturated rings. The van der Waals surface area contributed by atoms with Crippen molar-refractivity contribution < 1.29 is 9.47 Å². The van der Waals surface area contributed by atoms with Gasteiger partial charge in [0.25, 0.3) is 0 Å². The average molecular weight is 263 g/mol. The van der Waals surface area contributed by atoms with Gasteiger partial charge in [0.1, 0.15) is 0 Å². The lowest BCUT2D eigenvalue weighted by atomic mass is 10.1. The van der Waals surface area contributed by atoms with Crippen LogP contribution in [0, 0.1) is 0 Å². The normalized spacial score (nSPS) is 12.6. The summed E-state index contributed by atoms with van der Waals surface area (Å²) in [6.07, 6.45) is 5.23. The van der Waals surface area contributed by atoms with Crippen LogP contribution in [-0.2, 0) is 0 Å². The van der Waals surface area contributed by atoms with Gasteiger partial charge in [-0.2, -0.15) is 0 Å². The van der Waals surface area contributed by atoms with Crippen LogP contribution in [0.1, 0.15) is 32.8 Å². The van der Waals surface area contributed by atoms with Gasteiger partial charge in [0.2, 0.25) is 0 Å². The van der Waals surface area contributed by atoms with Gasteiger partial charge in [0.05, 0.1) is 13.7 Å². The molecular formula is C16H25NO2. The summed E-state index contributed by atoms with van der Waals surface area (Å²) in [7, 11) is 1.67. The first-order valence-electron chi connectivity index (χ1n) is 6.93. The van der Waals surface area contributed by atoms with Crippen LogP contribution in [-0.4, -0.2) is 26.3 Å². The van der Waals surface area contributed by atoms with E-state index in [0.717, 1.165) is 30.0 Å². The Morgan fingerprint density at radius 2 is 2.05 bits per heavy atom. The number of hydrogen-bond acceptors (Lipinski definition) is 3. The highest BCUT2D eigenvalue weighted by Gasteiger charge is 2.04. The fourth-order valence-corrected chi connectivity index (χ4v) is 1.76. The highest BCUT2D eigenvalue weighted by Crippen LogP contribution is 2.28. The molecule has 3 nitrogen and oxygen atoms in total. The molecule has 0 radical (unpaired) electrons. The monoisotopic (exact) mass is 263 g/mol. The lowest BCUT2D eigenvalue weighted by Crippen LogP contribution is -2.22.